The van der Waals surface area contributed by atoms with Crippen molar-refractivity contribution in [1.82, 2.24) is 4.98 Å². The Morgan fingerprint density at radius 2 is 2.10 bits per heavy atom. The Balaban J connectivity index is 2.04. The zero-order valence-electron chi connectivity index (χ0n) is 11.3. The third-order valence-corrected chi connectivity index (χ3v) is 5.16. The van der Waals surface area contributed by atoms with Crippen LogP contribution in [-0.4, -0.2) is 48.2 Å². The van der Waals surface area contributed by atoms with Crippen molar-refractivity contribution in [2.75, 3.05) is 6.26 Å². The lowest BCUT2D eigenvalue weighted by Gasteiger charge is -2.28. The molecular weight excluding hydrogens is 281 g/mol. The SMILES string of the molecule is CS(=O)(=O)C1CCCC(Oc2cncc(B(O)O)c2)C1. The van der Waals surface area contributed by atoms with E-state index in [2.05, 4.69) is 4.98 Å². The van der Waals surface area contributed by atoms with E-state index in [9.17, 15) is 8.42 Å². The van der Waals surface area contributed by atoms with E-state index in [0.29, 0.717) is 18.6 Å². The molecule has 1 saturated carbocycles. The maximum atomic E-state index is 11.6. The Hall–Kier alpha value is -1.12. The summed E-state index contributed by atoms with van der Waals surface area (Å²) in [6.07, 6.45) is 6.63. The summed E-state index contributed by atoms with van der Waals surface area (Å²) in [4.78, 5) is 3.88. The highest BCUT2D eigenvalue weighted by Gasteiger charge is 2.30. The van der Waals surface area contributed by atoms with Crippen molar-refractivity contribution in [2.45, 2.75) is 37.0 Å². The van der Waals surface area contributed by atoms with Gasteiger partial charge in [0.1, 0.15) is 21.7 Å². The lowest BCUT2D eigenvalue weighted by atomic mass is 9.82. The number of rotatable bonds is 4. The molecule has 1 aromatic rings. The van der Waals surface area contributed by atoms with Crippen LogP contribution >= 0.6 is 0 Å². The van der Waals surface area contributed by atoms with Crippen LogP contribution in [0.5, 0.6) is 5.75 Å². The highest BCUT2D eigenvalue weighted by atomic mass is 32.2. The molecule has 0 bridgehead atoms. The zero-order chi connectivity index (χ0) is 14.8. The Kier molecular flexibility index (Phi) is 4.67. The van der Waals surface area contributed by atoms with E-state index in [-0.39, 0.29) is 16.8 Å². The van der Waals surface area contributed by atoms with Crippen LogP contribution in [0.15, 0.2) is 18.5 Å². The minimum Gasteiger partial charge on any atom is -0.489 e. The van der Waals surface area contributed by atoms with Gasteiger partial charge in [-0.05, 0) is 25.3 Å². The summed E-state index contributed by atoms with van der Waals surface area (Å²) in [6, 6.07) is 1.50. The number of pyridine rings is 1. The van der Waals surface area contributed by atoms with E-state index < -0.39 is 17.0 Å². The fourth-order valence-corrected chi connectivity index (χ4v) is 3.59. The molecule has 2 rings (SSSR count). The van der Waals surface area contributed by atoms with Gasteiger partial charge in [-0.2, -0.15) is 0 Å². The molecule has 1 aliphatic carbocycles. The van der Waals surface area contributed by atoms with Crippen LogP contribution in [0.25, 0.3) is 0 Å². The molecule has 2 N–H and O–H groups in total. The first-order valence-corrected chi connectivity index (χ1v) is 8.48. The quantitative estimate of drug-likeness (QED) is 0.727. The van der Waals surface area contributed by atoms with Gasteiger partial charge >= 0.3 is 7.12 Å². The van der Waals surface area contributed by atoms with Crippen molar-refractivity contribution >= 4 is 22.4 Å². The topological polar surface area (TPSA) is 96.7 Å². The first-order valence-electron chi connectivity index (χ1n) is 6.53. The third kappa shape index (κ3) is 3.94. The van der Waals surface area contributed by atoms with Crippen molar-refractivity contribution in [3.63, 3.8) is 0 Å². The van der Waals surface area contributed by atoms with Gasteiger partial charge in [0.2, 0.25) is 0 Å². The number of ether oxygens (including phenoxy) is 1. The van der Waals surface area contributed by atoms with Gasteiger partial charge in [0.15, 0.2) is 0 Å². The van der Waals surface area contributed by atoms with Crippen LogP contribution in [0.4, 0.5) is 0 Å². The predicted molar refractivity (Wildman–Crippen MR) is 75.6 cm³/mol. The van der Waals surface area contributed by atoms with Crippen molar-refractivity contribution in [3.8, 4) is 5.75 Å². The van der Waals surface area contributed by atoms with Gasteiger partial charge in [0.25, 0.3) is 0 Å². The molecule has 0 aliphatic heterocycles. The molecule has 0 spiro atoms. The Bertz CT molecular complexity index is 563. The summed E-state index contributed by atoms with van der Waals surface area (Å²) in [5.41, 5.74) is 0.248. The third-order valence-electron chi connectivity index (χ3n) is 3.52. The first-order chi connectivity index (χ1) is 9.36. The van der Waals surface area contributed by atoms with Crippen LogP contribution in [0.3, 0.4) is 0 Å². The minimum atomic E-state index is -3.05. The summed E-state index contributed by atoms with van der Waals surface area (Å²) in [7, 11) is -4.64. The summed E-state index contributed by atoms with van der Waals surface area (Å²) in [5.74, 6) is 0.426. The fourth-order valence-electron chi connectivity index (χ4n) is 2.43. The average molecular weight is 299 g/mol. The smallest absolute Gasteiger partial charge is 0.489 e. The van der Waals surface area contributed by atoms with Gasteiger partial charge in [0, 0.05) is 24.3 Å². The Morgan fingerprint density at radius 3 is 2.75 bits per heavy atom. The summed E-state index contributed by atoms with van der Waals surface area (Å²) >= 11 is 0. The van der Waals surface area contributed by atoms with Crippen LogP contribution in [0.1, 0.15) is 25.7 Å². The largest absolute Gasteiger partial charge is 0.490 e. The summed E-state index contributed by atoms with van der Waals surface area (Å²) in [5, 5.41) is 17.8. The van der Waals surface area contributed by atoms with Gasteiger partial charge in [-0.3, -0.25) is 4.98 Å². The molecule has 1 heterocycles. The molecule has 0 radical (unpaired) electrons. The van der Waals surface area contributed by atoms with Crippen LogP contribution < -0.4 is 10.2 Å². The van der Waals surface area contributed by atoms with Gasteiger partial charge in [-0.25, -0.2) is 8.42 Å². The molecule has 110 valence electrons. The van der Waals surface area contributed by atoms with Crippen LogP contribution in [0.2, 0.25) is 0 Å². The van der Waals surface area contributed by atoms with E-state index in [1.54, 1.807) is 0 Å². The minimum absolute atomic E-state index is 0.184. The van der Waals surface area contributed by atoms with E-state index in [4.69, 9.17) is 14.8 Å². The van der Waals surface area contributed by atoms with Crippen molar-refractivity contribution in [3.05, 3.63) is 18.5 Å². The molecule has 0 saturated heterocycles. The highest BCUT2D eigenvalue weighted by molar-refractivity contribution is 7.91. The summed E-state index contributed by atoms with van der Waals surface area (Å²) < 4.78 is 28.9. The highest BCUT2D eigenvalue weighted by Crippen LogP contribution is 2.26. The second kappa shape index (κ2) is 6.11. The van der Waals surface area contributed by atoms with Crippen molar-refractivity contribution in [1.29, 1.82) is 0 Å². The second-order valence-corrected chi connectivity index (χ2v) is 7.51. The molecule has 1 aromatic heterocycles. The van der Waals surface area contributed by atoms with Crippen LogP contribution in [-0.2, 0) is 9.84 Å². The lowest BCUT2D eigenvalue weighted by Crippen LogP contribution is -2.34. The Morgan fingerprint density at radius 1 is 1.35 bits per heavy atom. The van der Waals surface area contributed by atoms with E-state index in [1.165, 1.54) is 24.7 Å². The number of hydrogen-bond acceptors (Lipinski definition) is 6. The van der Waals surface area contributed by atoms with Gasteiger partial charge in [-0.1, -0.05) is 0 Å². The maximum absolute atomic E-state index is 11.6. The second-order valence-electron chi connectivity index (χ2n) is 5.19. The number of hydrogen-bond donors (Lipinski definition) is 2. The van der Waals surface area contributed by atoms with Gasteiger partial charge in [0.05, 0.1) is 11.4 Å². The fraction of sp³-hybridized carbons (Fsp3) is 0.583. The zero-order valence-corrected chi connectivity index (χ0v) is 12.1. The Labute approximate surface area is 118 Å². The number of nitrogens with zero attached hydrogens (tertiary/aromatic N) is 1. The number of aromatic nitrogens is 1. The molecule has 1 aliphatic rings. The van der Waals surface area contributed by atoms with Crippen LogP contribution in [0, 0.1) is 0 Å². The molecule has 2 atom stereocenters. The average Bonchev–Trinajstić information content (AvgIpc) is 2.38. The molecule has 6 nitrogen and oxygen atoms in total. The normalized spacial score (nSPS) is 23.4. The standard InChI is InChI=1S/C12H18BNO5S/c1-20(17,18)12-4-2-3-10(6-12)19-11-5-9(13(15)16)7-14-8-11/h5,7-8,10,12,15-16H,2-4,6H2,1H3. The first kappa shape index (κ1) is 15.3. The summed E-state index contributed by atoms with van der Waals surface area (Å²) in [6.45, 7) is 0. The molecule has 20 heavy (non-hydrogen) atoms. The monoisotopic (exact) mass is 299 g/mol. The molecule has 8 heteroatoms. The van der Waals surface area contributed by atoms with E-state index in [1.807, 2.05) is 0 Å². The predicted octanol–water partition coefficient (Wildman–Crippen LogP) is -0.504. The maximum Gasteiger partial charge on any atom is 0.490 e. The van der Waals surface area contributed by atoms with Gasteiger partial charge < -0.3 is 14.8 Å². The molecule has 0 aromatic carbocycles. The van der Waals surface area contributed by atoms with E-state index in [0.717, 1.165) is 12.8 Å². The molecule has 0 amide bonds. The van der Waals surface area contributed by atoms with E-state index >= 15 is 0 Å². The van der Waals surface area contributed by atoms with Crippen molar-refractivity contribution in [2.24, 2.45) is 0 Å². The lowest BCUT2D eigenvalue weighted by molar-refractivity contribution is 0.156. The van der Waals surface area contributed by atoms with Crippen molar-refractivity contribution < 1.29 is 23.2 Å². The van der Waals surface area contributed by atoms with Gasteiger partial charge in [-0.15, -0.1) is 0 Å². The number of sulfone groups is 1. The molecule has 1 fully saturated rings. The molecular formula is C12H18BNO5S. The molecule has 2 unspecified atom stereocenters.